The van der Waals surface area contributed by atoms with E-state index >= 15 is 4.57 Å². The Morgan fingerprint density at radius 1 is 0.186 bits per heavy atom. The van der Waals surface area contributed by atoms with Gasteiger partial charge in [0.05, 0.1) is 7.14 Å². The van der Waals surface area contributed by atoms with Gasteiger partial charge in [-0.15, -0.1) is 0 Å². The van der Waals surface area contributed by atoms with Gasteiger partial charge in [0, 0.05) is 16.5 Å². The fourth-order valence-corrected chi connectivity index (χ4v) is 22.5. The van der Waals surface area contributed by atoms with Gasteiger partial charge in [0.25, 0.3) is 0 Å². The molecule has 0 rings (SSSR count). The highest BCUT2D eigenvalue weighted by Gasteiger charge is 2.63. The summed E-state index contributed by atoms with van der Waals surface area (Å²) < 4.78 is 19.3. The summed E-state index contributed by atoms with van der Waals surface area (Å²) >= 11 is 0. The maximum atomic E-state index is 19.3. The largest absolute Gasteiger partial charge is 0.322 e. The van der Waals surface area contributed by atoms with E-state index in [2.05, 4.69) is 62.3 Å². The van der Waals surface area contributed by atoms with Crippen molar-refractivity contribution >= 4 is 7.14 Å². The summed E-state index contributed by atoms with van der Waals surface area (Å²) in [5, 5.41) is -0.119. The van der Waals surface area contributed by atoms with Gasteiger partial charge in [0.1, 0.15) is 0 Å². The molecule has 0 aromatic heterocycles. The molecule has 0 amide bonds. The van der Waals surface area contributed by atoms with Gasteiger partial charge >= 0.3 is 0 Å². The molecule has 0 radical (unpaired) electrons. The van der Waals surface area contributed by atoms with Crippen molar-refractivity contribution in [1.29, 1.82) is 0 Å². The molecule has 0 aliphatic carbocycles. The molecule has 0 aromatic rings. The third-order valence-electron chi connectivity index (χ3n) is 22.4. The highest BCUT2D eigenvalue weighted by molar-refractivity contribution is 7.67. The first-order chi connectivity index (χ1) is 42.2. The maximum Gasteiger partial charge on any atom is 0.0996 e. The lowest BCUT2D eigenvalue weighted by Gasteiger charge is -2.61. The molecule has 0 heterocycles. The summed E-state index contributed by atoms with van der Waals surface area (Å²) in [5.74, 6) is 0. The van der Waals surface area contributed by atoms with Crippen molar-refractivity contribution in [3.8, 4) is 0 Å². The van der Waals surface area contributed by atoms with Gasteiger partial charge in [-0.3, -0.25) is 0 Å². The number of unbranched alkanes of at least 4 members (excludes halogenated alkanes) is 56. The van der Waals surface area contributed by atoms with Crippen LogP contribution in [0.15, 0.2) is 0 Å². The molecule has 0 bridgehead atoms. The first-order valence-corrected chi connectivity index (χ1v) is 43.7. The molecule has 0 spiro atoms. The van der Waals surface area contributed by atoms with Crippen LogP contribution in [0.25, 0.3) is 0 Å². The Balaban J connectivity index is 8.66. The van der Waals surface area contributed by atoms with Crippen LogP contribution >= 0.6 is 7.14 Å². The van der Waals surface area contributed by atoms with Gasteiger partial charge in [0.2, 0.25) is 0 Å². The average Bonchev–Trinajstić information content (AvgIpc) is 0.719. The van der Waals surface area contributed by atoms with Crippen molar-refractivity contribution in [2.45, 2.75) is 529 Å². The molecule has 0 fully saturated rings. The number of hydrogen-bond acceptors (Lipinski definition) is 1. The van der Waals surface area contributed by atoms with E-state index in [1.165, 1.54) is 456 Å². The third kappa shape index (κ3) is 43.9. The Bertz CT molecular complexity index is 1240. The van der Waals surface area contributed by atoms with Crippen LogP contribution in [0, 0.1) is 5.41 Å². The molecule has 0 aromatic carbocycles. The Kier molecular flexibility index (Phi) is 65.5. The molecule has 0 aliphatic heterocycles. The normalized spacial score (nSPS) is 13.2. The van der Waals surface area contributed by atoms with Crippen molar-refractivity contribution in [1.82, 2.24) is 0 Å². The van der Waals surface area contributed by atoms with Crippen LogP contribution in [0.4, 0.5) is 0 Å². The van der Waals surface area contributed by atoms with Gasteiger partial charge in [-0.05, 0) is 56.8 Å². The van der Waals surface area contributed by atoms with Crippen molar-refractivity contribution < 1.29 is 4.57 Å². The van der Waals surface area contributed by atoms with E-state index < -0.39 is 7.14 Å². The first kappa shape index (κ1) is 86.2. The van der Waals surface area contributed by atoms with Crippen LogP contribution in [0.3, 0.4) is 0 Å². The van der Waals surface area contributed by atoms with Gasteiger partial charge in [-0.25, -0.2) is 0 Å². The van der Waals surface area contributed by atoms with Crippen molar-refractivity contribution in [3.05, 3.63) is 0 Å². The highest BCUT2D eigenvalue weighted by Crippen LogP contribution is 2.79. The van der Waals surface area contributed by atoms with Crippen LogP contribution in [-0.2, 0) is 4.57 Å². The third-order valence-corrected chi connectivity index (χ3v) is 27.9. The number of rotatable bonds is 75. The molecule has 1 nitrogen and oxygen atoms in total. The van der Waals surface area contributed by atoms with Crippen molar-refractivity contribution in [2.24, 2.45) is 5.41 Å². The zero-order valence-corrected chi connectivity index (χ0v) is 63.2. The van der Waals surface area contributed by atoms with E-state index in [1.807, 2.05) is 0 Å². The minimum absolute atomic E-state index is 0.0516. The minimum atomic E-state index is -2.87. The second-order valence-electron chi connectivity index (χ2n) is 30.3. The van der Waals surface area contributed by atoms with Crippen molar-refractivity contribution in [3.63, 3.8) is 0 Å². The molecule has 518 valence electrons. The van der Waals surface area contributed by atoms with Gasteiger partial charge in [-0.1, -0.05) is 467 Å². The molecule has 1 atom stereocenters. The molecule has 0 saturated carbocycles. The molecule has 2 heteroatoms. The summed E-state index contributed by atoms with van der Waals surface area (Å²) in [6, 6.07) is 0. The SMILES string of the molecule is CCCCCCCCCCC(CCCCCCCCCC)(CCCCCCCCCC)C(CCCCCCCCCC)(CCCCCCCCCC)P(=O)(CCCCCCCCCC)C(C)(CCCCCCCCCC)CCCCCCCCCC. The van der Waals surface area contributed by atoms with E-state index in [0.29, 0.717) is 0 Å². The van der Waals surface area contributed by atoms with Crippen LogP contribution in [0.1, 0.15) is 518 Å². The zero-order chi connectivity index (χ0) is 62.9. The molecule has 0 N–H and O–H groups in total. The Morgan fingerprint density at radius 3 is 0.535 bits per heavy atom. The van der Waals surface area contributed by atoms with Crippen LogP contribution in [0.5, 0.6) is 0 Å². The molecular weight excluding hydrogens is 1060 g/mol. The molecule has 86 heavy (non-hydrogen) atoms. The zero-order valence-electron chi connectivity index (χ0n) is 62.3. The Hall–Kier alpha value is 0.230. The maximum absolute atomic E-state index is 19.3. The monoisotopic (exact) mass is 1230 g/mol. The first-order valence-electron chi connectivity index (χ1n) is 41.8. The summed E-state index contributed by atoms with van der Waals surface area (Å²) in [5.41, 5.74) is 0.178. The predicted octanol–water partition coefficient (Wildman–Crippen LogP) is 32.7. The van der Waals surface area contributed by atoms with E-state index in [-0.39, 0.29) is 15.7 Å². The summed E-state index contributed by atoms with van der Waals surface area (Å²) in [4.78, 5) is 0. The van der Waals surface area contributed by atoms with Gasteiger partial charge in [-0.2, -0.15) is 0 Å². The van der Waals surface area contributed by atoms with E-state index in [9.17, 15) is 0 Å². The van der Waals surface area contributed by atoms with Crippen LogP contribution < -0.4 is 0 Å². The number of hydrogen-bond donors (Lipinski definition) is 0. The molecule has 0 saturated heterocycles. The quantitative estimate of drug-likeness (QED) is 0.0438. The molecule has 0 aliphatic rings. The predicted molar refractivity (Wildman–Crippen MR) is 399 cm³/mol. The van der Waals surface area contributed by atoms with Crippen molar-refractivity contribution in [2.75, 3.05) is 6.16 Å². The topological polar surface area (TPSA) is 17.1 Å². The standard InChI is InChI=1S/C84H171OP/c1-10-18-26-34-42-50-58-66-74-82(9,75-67-59-51-43-35-27-19-11-2)86(85,81-73-65-57-49-41-33-25-17-8)84(79-71-63-55-47-39-31-23-15-6,80-72-64-56-48-40-32-24-16-7)83(76-68-60-52-44-36-28-20-12-3,77-69-61-53-45-37-29-21-13-4)78-70-62-54-46-38-30-22-14-5/h10-81H2,1-9H3. The summed E-state index contributed by atoms with van der Waals surface area (Å²) in [6.07, 6.45) is 99.2. The van der Waals surface area contributed by atoms with E-state index in [4.69, 9.17) is 0 Å². The van der Waals surface area contributed by atoms with E-state index in [1.54, 1.807) is 0 Å². The molecular formula is C84H171OP. The smallest absolute Gasteiger partial charge is 0.0996 e. The summed E-state index contributed by atoms with van der Waals surface area (Å²) in [7, 11) is -2.87. The van der Waals surface area contributed by atoms with Crippen LogP contribution in [0.2, 0.25) is 0 Å². The minimum Gasteiger partial charge on any atom is -0.322 e. The lowest BCUT2D eigenvalue weighted by molar-refractivity contribution is 0.0961. The molecule has 1 unspecified atom stereocenters. The second kappa shape index (κ2) is 65.3. The average molecular weight is 1230 g/mol. The van der Waals surface area contributed by atoms with E-state index in [0.717, 1.165) is 6.16 Å². The fraction of sp³-hybridized carbons (Fsp3) is 1.00. The van der Waals surface area contributed by atoms with Crippen LogP contribution in [-0.4, -0.2) is 16.5 Å². The Labute approximate surface area is 548 Å². The fourth-order valence-electron chi connectivity index (χ4n) is 16.6. The van der Waals surface area contributed by atoms with Gasteiger partial charge in [0.15, 0.2) is 0 Å². The second-order valence-corrected chi connectivity index (χ2v) is 34.2. The lowest BCUT2D eigenvalue weighted by atomic mass is 9.61. The lowest BCUT2D eigenvalue weighted by Crippen LogP contribution is -2.53. The Morgan fingerprint density at radius 2 is 0.337 bits per heavy atom. The van der Waals surface area contributed by atoms with Gasteiger partial charge < -0.3 is 4.57 Å². The highest BCUT2D eigenvalue weighted by atomic mass is 31.2. The summed E-state index contributed by atoms with van der Waals surface area (Å²) in [6.45, 7) is 21.9.